The van der Waals surface area contributed by atoms with E-state index in [1.807, 2.05) is 11.5 Å². The molecule has 3 nitrogen and oxygen atoms in total. The number of nitrogens with two attached hydrogens (primary N) is 1. The fourth-order valence-electron chi connectivity index (χ4n) is 1.13. The summed E-state index contributed by atoms with van der Waals surface area (Å²) >= 11 is 0. The number of alkyl halides is 2. The van der Waals surface area contributed by atoms with Crippen LogP contribution >= 0.6 is 0 Å². The molecule has 0 radical (unpaired) electrons. The summed E-state index contributed by atoms with van der Waals surface area (Å²) in [6.07, 6.45) is 0.894. The van der Waals surface area contributed by atoms with Crippen molar-refractivity contribution < 1.29 is 8.78 Å². The van der Waals surface area contributed by atoms with Crippen LogP contribution in [-0.4, -0.2) is 22.0 Å². The van der Waals surface area contributed by atoms with Crippen LogP contribution in [0.1, 0.15) is 12.6 Å². The van der Waals surface area contributed by atoms with E-state index in [0.29, 0.717) is 0 Å². The molecule has 1 aromatic rings. The number of aryl methyl sites for hydroxylation is 1. The number of hydrogen-bond donors (Lipinski definition) is 1. The molecule has 2 N–H and O–H groups in total. The first-order valence-electron chi connectivity index (χ1n) is 4.18. The Morgan fingerprint density at radius 2 is 2.31 bits per heavy atom. The van der Waals surface area contributed by atoms with Crippen LogP contribution in [-0.2, 0) is 13.0 Å². The van der Waals surface area contributed by atoms with Crippen molar-refractivity contribution in [1.82, 2.24) is 9.55 Å². The predicted molar refractivity (Wildman–Crippen MR) is 45.6 cm³/mol. The van der Waals surface area contributed by atoms with Crippen molar-refractivity contribution in [3.05, 3.63) is 18.2 Å². The van der Waals surface area contributed by atoms with Gasteiger partial charge >= 0.3 is 0 Å². The Labute approximate surface area is 75.6 Å². The molecule has 1 aromatic heterocycles. The standard InChI is InChI=1S/C8H13F2N3/c1-2-13-5-12-4-6(13)3-7(11)8(9)10/h4-5,7-8H,2-3,11H2,1H3. The third-order valence-corrected chi connectivity index (χ3v) is 1.91. The first-order chi connectivity index (χ1) is 6.15. The normalized spacial score (nSPS) is 13.6. The summed E-state index contributed by atoms with van der Waals surface area (Å²) in [5, 5.41) is 0. The van der Waals surface area contributed by atoms with Crippen molar-refractivity contribution in [2.24, 2.45) is 5.73 Å². The van der Waals surface area contributed by atoms with Crippen molar-refractivity contribution in [1.29, 1.82) is 0 Å². The lowest BCUT2D eigenvalue weighted by atomic mass is 10.2. The first-order valence-corrected chi connectivity index (χ1v) is 4.18. The Morgan fingerprint density at radius 1 is 1.62 bits per heavy atom. The van der Waals surface area contributed by atoms with Crippen LogP contribution in [0.2, 0.25) is 0 Å². The van der Waals surface area contributed by atoms with Gasteiger partial charge in [0.05, 0.1) is 12.4 Å². The molecular weight excluding hydrogens is 176 g/mol. The van der Waals surface area contributed by atoms with Gasteiger partial charge in [-0.05, 0) is 6.92 Å². The minimum absolute atomic E-state index is 0.172. The minimum Gasteiger partial charge on any atom is -0.335 e. The average molecular weight is 189 g/mol. The first kappa shape index (κ1) is 10.1. The van der Waals surface area contributed by atoms with Crippen LogP contribution in [0.4, 0.5) is 8.78 Å². The van der Waals surface area contributed by atoms with Gasteiger partial charge in [0.2, 0.25) is 0 Å². The quantitative estimate of drug-likeness (QED) is 0.769. The second kappa shape index (κ2) is 4.32. The van der Waals surface area contributed by atoms with Crippen LogP contribution in [0.5, 0.6) is 0 Å². The summed E-state index contributed by atoms with van der Waals surface area (Å²) in [5.74, 6) is 0. The van der Waals surface area contributed by atoms with Gasteiger partial charge in [-0.2, -0.15) is 0 Å². The Morgan fingerprint density at radius 3 is 2.85 bits per heavy atom. The van der Waals surface area contributed by atoms with Crippen molar-refractivity contribution in [2.45, 2.75) is 32.4 Å². The zero-order chi connectivity index (χ0) is 9.84. The third kappa shape index (κ3) is 2.48. The third-order valence-electron chi connectivity index (χ3n) is 1.91. The van der Waals surface area contributed by atoms with Gasteiger partial charge in [0.1, 0.15) is 0 Å². The number of imidazole rings is 1. The van der Waals surface area contributed by atoms with E-state index < -0.39 is 12.5 Å². The molecule has 74 valence electrons. The second-order valence-electron chi connectivity index (χ2n) is 2.87. The summed E-state index contributed by atoms with van der Waals surface area (Å²) in [4.78, 5) is 3.87. The lowest BCUT2D eigenvalue weighted by Crippen LogP contribution is -2.31. The van der Waals surface area contributed by atoms with Gasteiger partial charge in [-0.25, -0.2) is 13.8 Å². The number of halogens is 2. The monoisotopic (exact) mass is 189 g/mol. The number of aromatic nitrogens is 2. The molecule has 1 unspecified atom stereocenters. The largest absolute Gasteiger partial charge is 0.335 e. The van der Waals surface area contributed by atoms with Crippen molar-refractivity contribution in [2.75, 3.05) is 0 Å². The maximum atomic E-state index is 12.1. The molecule has 0 aliphatic rings. The molecule has 1 rings (SSSR count). The molecule has 0 bridgehead atoms. The molecule has 5 heteroatoms. The van der Waals surface area contributed by atoms with E-state index >= 15 is 0 Å². The van der Waals surface area contributed by atoms with Crippen molar-refractivity contribution >= 4 is 0 Å². The minimum atomic E-state index is -2.47. The SMILES string of the molecule is CCn1cncc1CC(N)C(F)F. The Kier molecular flexibility index (Phi) is 3.36. The summed E-state index contributed by atoms with van der Waals surface area (Å²) in [6, 6.07) is -1.10. The van der Waals surface area contributed by atoms with Gasteiger partial charge in [0, 0.05) is 24.9 Å². The molecule has 0 spiro atoms. The smallest absolute Gasteiger partial charge is 0.253 e. The van der Waals surface area contributed by atoms with Crippen LogP contribution < -0.4 is 5.73 Å². The number of rotatable bonds is 4. The Hall–Kier alpha value is -0.970. The Bertz CT molecular complexity index is 260. The molecule has 0 aliphatic carbocycles. The zero-order valence-electron chi connectivity index (χ0n) is 7.45. The van der Waals surface area contributed by atoms with Crippen LogP contribution in [0.3, 0.4) is 0 Å². The average Bonchev–Trinajstić information content (AvgIpc) is 2.51. The van der Waals surface area contributed by atoms with Gasteiger partial charge in [0.25, 0.3) is 6.43 Å². The Balaban J connectivity index is 2.62. The predicted octanol–water partition coefficient (Wildman–Crippen LogP) is 1.04. The van der Waals surface area contributed by atoms with Gasteiger partial charge in [-0.1, -0.05) is 0 Å². The van der Waals surface area contributed by atoms with Crippen LogP contribution in [0.15, 0.2) is 12.5 Å². The van der Waals surface area contributed by atoms with E-state index in [2.05, 4.69) is 4.98 Å². The lowest BCUT2D eigenvalue weighted by Gasteiger charge is -2.11. The molecule has 0 aromatic carbocycles. The van der Waals surface area contributed by atoms with Crippen LogP contribution in [0, 0.1) is 0 Å². The van der Waals surface area contributed by atoms with E-state index in [4.69, 9.17) is 5.73 Å². The highest BCUT2D eigenvalue weighted by atomic mass is 19.3. The molecule has 0 saturated heterocycles. The molecular formula is C8H13F2N3. The van der Waals surface area contributed by atoms with Gasteiger partial charge in [0.15, 0.2) is 0 Å². The highest BCUT2D eigenvalue weighted by Crippen LogP contribution is 2.07. The topological polar surface area (TPSA) is 43.8 Å². The van der Waals surface area contributed by atoms with E-state index in [9.17, 15) is 8.78 Å². The zero-order valence-corrected chi connectivity index (χ0v) is 7.45. The highest BCUT2D eigenvalue weighted by Gasteiger charge is 2.17. The maximum absolute atomic E-state index is 12.1. The molecule has 1 atom stereocenters. The maximum Gasteiger partial charge on any atom is 0.253 e. The summed E-state index contributed by atoms with van der Waals surface area (Å²) < 4.78 is 26.0. The fraction of sp³-hybridized carbons (Fsp3) is 0.625. The lowest BCUT2D eigenvalue weighted by molar-refractivity contribution is 0.115. The fourth-order valence-corrected chi connectivity index (χ4v) is 1.13. The van der Waals surface area contributed by atoms with Gasteiger partial charge in [-0.3, -0.25) is 0 Å². The van der Waals surface area contributed by atoms with E-state index in [1.54, 1.807) is 12.5 Å². The molecule has 13 heavy (non-hydrogen) atoms. The second-order valence-corrected chi connectivity index (χ2v) is 2.87. The summed E-state index contributed by atoms with van der Waals surface area (Å²) in [5.41, 5.74) is 6.00. The highest BCUT2D eigenvalue weighted by molar-refractivity contribution is 5.01. The van der Waals surface area contributed by atoms with Gasteiger partial charge < -0.3 is 10.3 Å². The molecule has 0 saturated carbocycles. The number of nitrogens with zero attached hydrogens (tertiary/aromatic N) is 2. The van der Waals surface area contributed by atoms with Crippen LogP contribution in [0.25, 0.3) is 0 Å². The number of hydrogen-bond acceptors (Lipinski definition) is 2. The van der Waals surface area contributed by atoms with E-state index in [0.717, 1.165) is 12.2 Å². The molecule has 0 aliphatic heterocycles. The molecule has 1 heterocycles. The summed E-state index contributed by atoms with van der Waals surface area (Å²) in [6.45, 7) is 2.66. The van der Waals surface area contributed by atoms with E-state index in [1.165, 1.54) is 0 Å². The van der Waals surface area contributed by atoms with Crippen molar-refractivity contribution in [3.8, 4) is 0 Å². The van der Waals surface area contributed by atoms with Gasteiger partial charge in [-0.15, -0.1) is 0 Å². The molecule has 0 amide bonds. The van der Waals surface area contributed by atoms with E-state index in [-0.39, 0.29) is 6.42 Å². The summed E-state index contributed by atoms with van der Waals surface area (Å²) in [7, 11) is 0. The molecule has 0 fully saturated rings. The van der Waals surface area contributed by atoms with Crippen molar-refractivity contribution in [3.63, 3.8) is 0 Å².